The molecule has 0 heterocycles. The van der Waals surface area contributed by atoms with Crippen molar-refractivity contribution < 1.29 is 19.1 Å². The van der Waals surface area contributed by atoms with Crippen molar-refractivity contribution >= 4 is 23.4 Å². The Kier molecular flexibility index (Phi) is 11.9. The summed E-state index contributed by atoms with van der Waals surface area (Å²) in [6.07, 6.45) is 5.45. The zero-order valence-electron chi connectivity index (χ0n) is 23.6. The molecule has 1 unspecified atom stereocenters. The molecule has 0 aliphatic heterocycles. The van der Waals surface area contributed by atoms with Crippen LogP contribution in [0.2, 0.25) is 5.02 Å². The van der Waals surface area contributed by atoms with E-state index in [-0.39, 0.29) is 36.2 Å². The van der Waals surface area contributed by atoms with Crippen LogP contribution < -0.4 is 16.0 Å². The molecular weight excluding hydrogens is 529 g/mol. The van der Waals surface area contributed by atoms with Gasteiger partial charge in [-0.2, -0.15) is 0 Å². The lowest BCUT2D eigenvalue weighted by atomic mass is 9.72. The number of carbonyl (C=O) groups excluding carboxylic acids is 2. The molecule has 2 aromatic rings. The summed E-state index contributed by atoms with van der Waals surface area (Å²) in [4.78, 5) is 26.9. The molecule has 0 spiro atoms. The second kappa shape index (κ2) is 15.1. The van der Waals surface area contributed by atoms with Crippen molar-refractivity contribution in [3.8, 4) is 0 Å². The predicted octanol–water partition coefficient (Wildman–Crippen LogP) is 5.25. The minimum absolute atomic E-state index is 0.0787. The van der Waals surface area contributed by atoms with Gasteiger partial charge in [0, 0.05) is 30.2 Å². The number of aliphatic hydroxyl groups excluding tert-OH is 1. The van der Waals surface area contributed by atoms with Gasteiger partial charge in [-0.1, -0.05) is 79.9 Å². The summed E-state index contributed by atoms with van der Waals surface area (Å²) < 4.78 is 14.1. The first-order valence-corrected chi connectivity index (χ1v) is 14.4. The van der Waals surface area contributed by atoms with Crippen molar-refractivity contribution in [3.63, 3.8) is 0 Å². The lowest BCUT2D eigenvalue weighted by molar-refractivity contribution is -0.129. The molecule has 1 aliphatic carbocycles. The highest BCUT2D eigenvalue weighted by Crippen LogP contribution is 2.39. The third-order valence-electron chi connectivity index (χ3n) is 7.07. The van der Waals surface area contributed by atoms with E-state index in [0.29, 0.717) is 30.6 Å². The maximum atomic E-state index is 14.1. The molecule has 3 rings (SSSR count). The Morgan fingerprint density at radius 2 is 1.85 bits per heavy atom. The lowest BCUT2D eigenvalue weighted by Crippen LogP contribution is -2.50. The van der Waals surface area contributed by atoms with Crippen molar-refractivity contribution in [1.82, 2.24) is 16.0 Å². The highest BCUT2D eigenvalue weighted by Gasteiger charge is 2.39. The summed E-state index contributed by atoms with van der Waals surface area (Å²) in [5.74, 6) is -0.918. The number of hydrogen-bond acceptors (Lipinski definition) is 4. The molecule has 0 aromatic heterocycles. The third kappa shape index (κ3) is 9.01. The Morgan fingerprint density at radius 1 is 1.10 bits per heavy atom. The molecule has 3 atom stereocenters. The van der Waals surface area contributed by atoms with Gasteiger partial charge in [-0.25, -0.2) is 4.39 Å². The van der Waals surface area contributed by atoms with Crippen LogP contribution in [0, 0.1) is 11.2 Å². The van der Waals surface area contributed by atoms with Crippen molar-refractivity contribution in [3.05, 3.63) is 93.8 Å². The number of rotatable bonds is 14. The van der Waals surface area contributed by atoms with E-state index in [1.165, 1.54) is 12.1 Å². The number of hydrogen-bond donors (Lipinski definition) is 4. The molecule has 0 saturated carbocycles. The van der Waals surface area contributed by atoms with Crippen LogP contribution >= 0.6 is 11.6 Å². The third-order valence-corrected chi connectivity index (χ3v) is 7.29. The minimum atomic E-state index is -0.969. The average molecular weight is 570 g/mol. The molecule has 0 fully saturated rings. The van der Waals surface area contributed by atoms with Crippen molar-refractivity contribution in [1.29, 1.82) is 0 Å². The average Bonchev–Trinajstić information content (AvgIpc) is 2.91. The van der Waals surface area contributed by atoms with Gasteiger partial charge in [0.05, 0.1) is 17.6 Å². The maximum absolute atomic E-state index is 14.1. The van der Waals surface area contributed by atoms with Crippen LogP contribution in [-0.2, 0) is 22.6 Å². The van der Waals surface area contributed by atoms with E-state index in [0.717, 1.165) is 24.0 Å². The van der Waals surface area contributed by atoms with E-state index < -0.39 is 23.4 Å². The topological polar surface area (TPSA) is 90.5 Å². The highest BCUT2D eigenvalue weighted by atomic mass is 35.5. The Bertz CT molecular complexity index is 1200. The molecule has 2 aromatic carbocycles. The van der Waals surface area contributed by atoms with E-state index in [4.69, 9.17) is 11.6 Å². The first-order valence-electron chi connectivity index (χ1n) is 14.0. The molecule has 8 heteroatoms. The fourth-order valence-corrected chi connectivity index (χ4v) is 5.49. The van der Waals surface area contributed by atoms with E-state index in [9.17, 15) is 19.1 Å². The summed E-state index contributed by atoms with van der Waals surface area (Å²) in [5.41, 5.74) is 2.14. The fraction of sp³-hybridized carbons (Fsp3) is 0.438. The Balaban J connectivity index is 1.79. The molecule has 4 N–H and O–H groups in total. The summed E-state index contributed by atoms with van der Waals surface area (Å²) in [7, 11) is 0. The SMILES string of the molecule is CCCNC(=O)C1(CCC)C=C(C)C=C(C(=O)N[C@@H](Cc2cc(F)cc(Cl)c2)[C@H](O)CNCc2ccccc2)C1. The van der Waals surface area contributed by atoms with E-state index in [1.54, 1.807) is 12.1 Å². The highest BCUT2D eigenvalue weighted by molar-refractivity contribution is 6.30. The number of benzene rings is 2. The van der Waals surface area contributed by atoms with Gasteiger partial charge in [0.15, 0.2) is 0 Å². The molecular formula is C32H41ClFN3O3. The molecule has 0 saturated heterocycles. The molecule has 1 aliphatic rings. The van der Waals surface area contributed by atoms with Crippen LogP contribution in [0.15, 0.2) is 71.8 Å². The monoisotopic (exact) mass is 569 g/mol. The van der Waals surface area contributed by atoms with Crippen LogP contribution in [-0.4, -0.2) is 42.2 Å². The van der Waals surface area contributed by atoms with Gasteiger partial charge in [0.25, 0.3) is 0 Å². The summed E-state index contributed by atoms with van der Waals surface area (Å²) in [6, 6.07) is 13.3. The molecule has 0 bridgehead atoms. The zero-order valence-corrected chi connectivity index (χ0v) is 24.4. The van der Waals surface area contributed by atoms with Crippen LogP contribution in [0.4, 0.5) is 4.39 Å². The quantitative estimate of drug-likeness (QED) is 0.250. The number of nitrogens with one attached hydrogen (secondary N) is 3. The van der Waals surface area contributed by atoms with Crippen molar-refractivity contribution in [2.24, 2.45) is 5.41 Å². The minimum Gasteiger partial charge on any atom is -0.390 e. The number of halogens is 2. The van der Waals surface area contributed by atoms with Gasteiger partial charge >= 0.3 is 0 Å². The molecule has 2 amide bonds. The second-order valence-corrected chi connectivity index (χ2v) is 11.1. The van der Waals surface area contributed by atoms with E-state index in [1.807, 2.05) is 57.2 Å². The van der Waals surface area contributed by atoms with Gasteiger partial charge in [-0.05, 0) is 61.9 Å². The predicted molar refractivity (Wildman–Crippen MR) is 158 cm³/mol. The van der Waals surface area contributed by atoms with Crippen LogP contribution in [0.5, 0.6) is 0 Å². The lowest BCUT2D eigenvalue weighted by Gasteiger charge is -2.34. The van der Waals surface area contributed by atoms with Gasteiger partial charge in [0.1, 0.15) is 5.82 Å². The number of aliphatic hydroxyl groups is 1. The molecule has 40 heavy (non-hydrogen) atoms. The number of carbonyl (C=O) groups is 2. The maximum Gasteiger partial charge on any atom is 0.247 e. The van der Waals surface area contributed by atoms with Crippen molar-refractivity contribution in [2.75, 3.05) is 13.1 Å². The van der Waals surface area contributed by atoms with Crippen LogP contribution in [0.1, 0.15) is 57.6 Å². The summed E-state index contributed by atoms with van der Waals surface area (Å²) in [5, 5.41) is 20.6. The van der Waals surface area contributed by atoms with Gasteiger partial charge in [0.2, 0.25) is 11.8 Å². The summed E-state index contributed by atoms with van der Waals surface area (Å²) >= 11 is 6.08. The summed E-state index contributed by atoms with van der Waals surface area (Å²) in [6.45, 7) is 7.24. The first-order chi connectivity index (χ1) is 19.2. The Labute approximate surface area is 242 Å². The fourth-order valence-electron chi connectivity index (χ4n) is 5.25. The van der Waals surface area contributed by atoms with Gasteiger partial charge in [-0.15, -0.1) is 0 Å². The molecule has 6 nitrogen and oxygen atoms in total. The largest absolute Gasteiger partial charge is 0.390 e. The smallest absolute Gasteiger partial charge is 0.247 e. The van der Waals surface area contributed by atoms with Gasteiger partial charge < -0.3 is 21.1 Å². The van der Waals surface area contributed by atoms with E-state index in [2.05, 4.69) is 16.0 Å². The zero-order chi connectivity index (χ0) is 29.1. The standard InChI is InChI=1S/C32H41ClFN3O3/c1-4-11-32(31(40)36-12-5-2)18-22(3)13-25(19-32)30(39)37-28(16-24-14-26(33)17-27(34)15-24)29(38)21-35-20-23-9-7-6-8-10-23/h6-10,13-15,17-18,28-29,35,38H,4-5,11-12,16,19-21H2,1-3H3,(H,36,40)(H,37,39)/t28-,29+,32?/m0/s1. The first kappa shape index (κ1) is 31.5. The Hall–Kier alpha value is -3.00. The second-order valence-electron chi connectivity index (χ2n) is 10.6. The van der Waals surface area contributed by atoms with Crippen LogP contribution in [0.3, 0.4) is 0 Å². The molecule has 216 valence electrons. The van der Waals surface area contributed by atoms with Crippen LogP contribution in [0.25, 0.3) is 0 Å². The normalized spacial score (nSPS) is 18.4. The number of allylic oxidation sites excluding steroid dienone is 2. The molecule has 0 radical (unpaired) electrons. The van der Waals surface area contributed by atoms with Crippen molar-refractivity contribution in [2.45, 2.75) is 71.6 Å². The van der Waals surface area contributed by atoms with E-state index >= 15 is 0 Å². The number of amides is 2. The van der Waals surface area contributed by atoms with Gasteiger partial charge in [-0.3, -0.25) is 9.59 Å². The Morgan fingerprint density at radius 3 is 2.52 bits per heavy atom.